The number of hydrogen-bond donors (Lipinski definition) is 2. The minimum Gasteiger partial charge on any atom is -0.388 e. The average molecular weight is 193 g/mol. The fourth-order valence-electron chi connectivity index (χ4n) is 1.70. The number of aliphatic hydroxyl groups is 1. The van der Waals surface area contributed by atoms with E-state index in [2.05, 4.69) is 6.92 Å². The largest absolute Gasteiger partial charge is 0.388 e. The van der Waals surface area contributed by atoms with Crippen LogP contribution in [0, 0.1) is 5.92 Å². The summed E-state index contributed by atoms with van der Waals surface area (Å²) in [4.78, 5) is 0. The molecule has 0 aromatic heterocycles. The summed E-state index contributed by atoms with van der Waals surface area (Å²) >= 11 is 0. The van der Waals surface area contributed by atoms with Crippen LogP contribution in [-0.4, -0.2) is 11.7 Å². The molecule has 1 aromatic carbocycles. The quantitative estimate of drug-likeness (QED) is 0.752. The second-order valence-electron chi connectivity index (χ2n) is 3.64. The van der Waals surface area contributed by atoms with Gasteiger partial charge in [-0.2, -0.15) is 0 Å². The van der Waals surface area contributed by atoms with E-state index in [4.69, 9.17) is 5.73 Å². The Bertz CT molecular complexity index is 248. The maximum atomic E-state index is 10.0. The molecule has 2 heteroatoms. The van der Waals surface area contributed by atoms with E-state index in [0.717, 1.165) is 18.4 Å². The molecular weight excluding hydrogens is 174 g/mol. The Morgan fingerprint density at radius 1 is 1.29 bits per heavy atom. The molecule has 0 heterocycles. The fourth-order valence-corrected chi connectivity index (χ4v) is 1.70. The van der Waals surface area contributed by atoms with E-state index in [-0.39, 0.29) is 5.92 Å². The van der Waals surface area contributed by atoms with Gasteiger partial charge in [-0.15, -0.1) is 0 Å². The van der Waals surface area contributed by atoms with Crippen LogP contribution in [0.1, 0.15) is 31.4 Å². The van der Waals surface area contributed by atoms with Crippen molar-refractivity contribution in [2.24, 2.45) is 11.7 Å². The van der Waals surface area contributed by atoms with Gasteiger partial charge in [0.05, 0.1) is 6.10 Å². The lowest BCUT2D eigenvalue weighted by Gasteiger charge is -2.21. The maximum Gasteiger partial charge on any atom is 0.0830 e. The molecule has 0 aliphatic rings. The monoisotopic (exact) mass is 193 g/mol. The third-order valence-corrected chi connectivity index (χ3v) is 2.55. The molecule has 0 amide bonds. The summed E-state index contributed by atoms with van der Waals surface area (Å²) in [5, 5.41) is 10.0. The van der Waals surface area contributed by atoms with Gasteiger partial charge < -0.3 is 10.8 Å². The highest BCUT2D eigenvalue weighted by Crippen LogP contribution is 2.24. The molecule has 14 heavy (non-hydrogen) atoms. The van der Waals surface area contributed by atoms with Crippen molar-refractivity contribution in [2.45, 2.75) is 25.9 Å². The fraction of sp³-hybridized carbons (Fsp3) is 0.500. The third kappa shape index (κ3) is 2.82. The van der Waals surface area contributed by atoms with Crippen molar-refractivity contribution in [3.05, 3.63) is 35.9 Å². The van der Waals surface area contributed by atoms with Gasteiger partial charge in [0.15, 0.2) is 0 Å². The number of hydrogen-bond acceptors (Lipinski definition) is 2. The molecule has 0 saturated heterocycles. The first-order valence-corrected chi connectivity index (χ1v) is 5.22. The molecular formula is C12H19NO. The molecule has 0 saturated carbocycles. The Hall–Kier alpha value is -0.860. The Morgan fingerprint density at radius 2 is 1.93 bits per heavy atom. The van der Waals surface area contributed by atoms with Crippen LogP contribution >= 0.6 is 0 Å². The number of benzene rings is 1. The Morgan fingerprint density at radius 3 is 2.43 bits per heavy atom. The van der Waals surface area contributed by atoms with Gasteiger partial charge in [-0.3, -0.25) is 0 Å². The summed E-state index contributed by atoms with van der Waals surface area (Å²) in [6, 6.07) is 9.73. The van der Waals surface area contributed by atoms with Crippen LogP contribution in [0.4, 0.5) is 0 Å². The summed E-state index contributed by atoms with van der Waals surface area (Å²) in [5.74, 6) is 0.183. The number of rotatable bonds is 5. The highest BCUT2D eigenvalue weighted by atomic mass is 16.3. The van der Waals surface area contributed by atoms with Crippen LogP contribution in [0.15, 0.2) is 30.3 Å². The van der Waals surface area contributed by atoms with Gasteiger partial charge in [-0.25, -0.2) is 0 Å². The van der Waals surface area contributed by atoms with Crippen molar-refractivity contribution >= 4 is 0 Å². The van der Waals surface area contributed by atoms with E-state index in [0.29, 0.717) is 6.54 Å². The summed E-state index contributed by atoms with van der Waals surface area (Å²) < 4.78 is 0. The normalized spacial score (nSPS) is 15.1. The van der Waals surface area contributed by atoms with Crippen molar-refractivity contribution in [1.29, 1.82) is 0 Å². The summed E-state index contributed by atoms with van der Waals surface area (Å²) in [6.07, 6.45) is 1.62. The molecule has 0 radical (unpaired) electrons. The summed E-state index contributed by atoms with van der Waals surface area (Å²) in [5.41, 5.74) is 6.61. The molecule has 0 fully saturated rings. The second kappa shape index (κ2) is 5.78. The first-order valence-electron chi connectivity index (χ1n) is 5.22. The molecule has 0 spiro atoms. The van der Waals surface area contributed by atoms with Crippen molar-refractivity contribution in [2.75, 3.05) is 6.54 Å². The Kier molecular flexibility index (Phi) is 4.63. The van der Waals surface area contributed by atoms with Crippen molar-refractivity contribution in [3.8, 4) is 0 Å². The lowest BCUT2D eigenvalue weighted by atomic mass is 9.92. The lowest BCUT2D eigenvalue weighted by Crippen LogP contribution is -2.21. The lowest BCUT2D eigenvalue weighted by molar-refractivity contribution is 0.107. The average Bonchev–Trinajstić information content (AvgIpc) is 2.26. The van der Waals surface area contributed by atoms with Crippen LogP contribution < -0.4 is 5.73 Å². The van der Waals surface area contributed by atoms with E-state index < -0.39 is 6.10 Å². The zero-order valence-corrected chi connectivity index (χ0v) is 8.69. The topological polar surface area (TPSA) is 46.2 Å². The van der Waals surface area contributed by atoms with Gasteiger partial charge in [0.2, 0.25) is 0 Å². The highest BCUT2D eigenvalue weighted by molar-refractivity contribution is 5.18. The molecule has 1 aromatic rings. The molecule has 3 N–H and O–H groups in total. The van der Waals surface area contributed by atoms with E-state index in [1.54, 1.807) is 0 Å². The maximum absolute atomic E-state index is 10.0. The molecule has 0 bridgehead atoms. The Balaban J connectivity index is 2.67. The zero-order chi connectivity index (χ0) is 10.4. The highest BCUT2D eigenvalue weighted by Gasteiger charge is 2.17. The Labute approximate surface area is 85.8 Å². The van der Waals surface area contributed by atoms with E-state index in [1.165, 1.54) is 0 Å². The number of nitrogens with two attached hydrogens (primary N) is 1. The van der Waals surface area contributed by atoms with E-state index >= 15 is 0 Å². The van der Waals surface area contributed by atoms with Crippen LogP contribution in [0.25, 0.3) is 0 Å². The van der Waals surface area contributed by atoms with Gasteiger partial charge in [-0.1, -0.05) is 43.7 Å². The van der Waals surface area contributed by atoms with Crippen LogP contribution in [0.5, 0.6) is 0 Å². The SMILES string of the molecule is CCCC(CN)C(O)c1ccccc1. The van der Waals surface area contributed by atoms with Gasteiger partial charge in [0.1, 0.15) is 0 Å². The minimum absolute atomic E-state index is 0.183. The zero-order valence-electron chi connectivity index (χ0n) is 8.69. The molecule has 0 aliphatic carbocycles. The van der Waals surface area contributed by atoms with Gasteiger partial charge in [0.25, 0.3) is 0 Å². The minimum atomic E-state index is -0.416. The van der Waals surface area contributed by atoms with Crippen LogP contribution in [0.2, 0.25) is 0 Å². The first kappa shape index (κ1) is 11.2. The smallest absolute Gasteiger partial charge is 0.0830 e. The molecule has 0 aliphatic heterocycles. The summed E-state index contributed by atoms with van der Waals surface area (Å²) in [6.45, 7) is 2.66. The van der Waals surface area contributed by atoms with E-state index in [9.17, 15) is 5.11 Å². The predicted octanol–water partition coefficient (Wildman–Crippen LogP) is 2.09. The number of aliphatic hydroxyl groups excluding tert-OH is 1. The molecule has 2 nitrogen and oxygen atoms in total. The van der Waals surface area contributed by atoms with Crippen molar-refractivity contribution in [1.82, 2.24) is 0 Å². The van der Waals surface area contributed by atoms with Crippen LogP contribution in [-0.2, 0) is 0 Å². The third-order valence-electron chi connectivity index (χ3n) is 2.55. The molecule has 78 valence electrons. The molecule has 2 unspecified atom stereocenters. The summed E-state index contributed by atoms with van der Waals surface area (Å²) in [7, 11) is 0. The van der Waals surface area contributed by atoms with Gasteiger partial charge in [0, 0.05) is 5.92 Å². The van der Waals surface area contributed by atoms with Crippen molar-refractivity contribution < 1.29 is 5.11 Å². The molecule has 1 rings (SSSR count). The van der Waals surface area contributed by atoms with Gasteiger partial charge >= 0.3 is 0 Å². The first-order chi connectivity index (χ1) is 6.79. The van der Waals surface area contributed by atoms with Crippen LogP contribution in [0.3, 0.4) is 0 Å². The van der Waals surface area contributed by atoms with E-state index in [1.807, 2.05) is 30.3 Å². The predicted molar refractivity (Wildman–Crippen MR) is 58.9 cm³/mol. The molecule has 2 atom stereocenters. The second-order valence-corrected chi connectivity index (χ2v) is 3.64. The van der Waals surface area contributed by atoms with Gasteiger partial charge in [-0.05, 0) is 18.5 Å². The standard InChI is InChI=1S/C12H19NO/c1-2-6-11(9-13)12(14)10-7-4-3-5-8-10/h3-5,7-8,11-12,14H,2,6,9,13H2,1H3. The van der Waals surface area contributed by atoms with Crippen molar-refractivity contribution in [3.63, 3.8) is 0 Å².